The van der Waals surface area contributed by atoms with Gasteiger partial charge in [-0.2, -0.15) is 0 Å². The van der Waals surface area contributed by atoms with Gasteiger partial charge in [0.1, 0.15) is 5.69 Å². The number of hydrogen-bond acceptors (Lipinski definition) is 6. The Bertz CT molecular complexity index is 910. The average molecular weight is 396 g/mol. The topological polar surface area (TPSA) is 87.5 Å². The van der Waals surface area contributed by atoms with Crippen molar-refractivity contribution >= 4 is 22.8 Å². The van der Waals surface area contributed by atoms with Gasteiger partial charge in [0.05, 0.1) is 5.92 Å². The van der Waals surface area contributed by atoms with E-state index in [1.807, 2.05) is 6.07 Å². The van der Waals surface area contributed by atoms with E-state index in [0.29, 0.717) is 24.5 Å². The summed E-state index contributed by atoms with van der Waals surface area (Å²) in [6, 6.07) is 7.05. The van der Waals surface area contributed by atoms with Crippen molar-refractivity contribution in [3.05, 3.63) is 29.5 Å². The Morgan fingerprint density at radius 3 is 2.59 bits per heavy atom. The number of rotatable bonds is 3. The second-order valence-electron chi connectivity index (χ2n) is 8.62. The minimum atomic E-state index is -0.409. The van der Waals surface area contributed by atoms with E-state index in [-0.39, 0.29) is 11.8 Å². The van der Waals surface area contributed by atoms with Gasteiger partial charge in [0.15, 0.2) is 5.58 Å². The molecule has 2 amide bonds. The summed E-state index contributed by atoms with van der Waals surface area (Å²) in [5.74, 6) is -0.350. The van der Waals surface area contributed by atoms with E-state index in [0.717, 1.165) is 43.2 Å². The van der Waals surface area contributed by atoms with E-state index in [1.54, 1.807) is 0 Å². The number of nitrogens with one attached hydrogen (secondary N) is 2. The molecular weight excluding hydrogens is 368 g/mol. The molecule has 29 heavy (non-hydrogen) atoms. The van der Waals surface area contributed by atoms with Crippen molar-refractivity contribution in [2.45, 2.75) is 56.4 Å². The lowest BCUT2D eigenvalue weighted by molar-refractivity contribution is -0.134. The number of likely N-dealkylation sites (tertiary alicyclic amines) is 1. The van der Waals surface area contributed by atoms with E-state index in [2.05, 4.69) is 32.8 Å². The lowest BCUT2D eigenvalue weighted by atomic mass is 9.87. The van der Waals surface area contributed by atoms with E-state index in [9.17, 15) is 9.59 Å². The second kappa shape index (κ2) is 7.88. The molecular formula is C22H28N4O3. The van der Waals surface area contributed by atoms with E-state index in [1.165, 1.54) is 31.2 Å². The summed E-state index contributed by atoms with van der Waals surface area (Å²) in [6.07, 6.45) is 5.70. The quantitative estimate of drug-likeness (QED) is 0.774. The molecule has 0 spiro atoms. The predicted octanol–water partition coefficient (Wildman–Crippen LogP) is 2.28. The maximum absolute atomic E-state index is 12.2. The van der Waals surface area contributed by atoms with Crippen LogP contribution in [0.1, 0.15) is 61.6 Å². The third kappa shape index (κ3) is 3.69. The normalized spacial score (nSPS) is 25.4. The zero-order chi connectivity index (χ0) is 19.8. The molecule has 1 unspecified atom stereocenters. The van der Waals surface area contributed by atoms with Crippen LogP contribution in [0.4, 0.5) is 0 Å². The van der Waals surface area contributed by atoms with Crippen molar-refractivity contribution in [3.8, 4) is 0 Å². The molecule has 1 aromatic heterocycles. The molecule has 0 saturated carbocycles. The smallest absolute Gasteiger partial charge is 0.235 e. The third-order valence-electron chi connectivity index (χ3n) is 6.92. The summed E-state index contributed by atoms with van der Waals surface area (Å²) >= 11 is 0. The fourth-order valence-corrected chi connectivity index (χ4v) is 5.20. The van der Waals surface area contributed by atoms with Crippen LogP contribution in [0.3, 0.4) is 0 Å². The van der Waals surface area contributed by atoms with Crippen LogP contribution in [-0.4, -0.2) is 54.1 Å². The summed E-state index contributed by atoms with van der Waals surface area (Å²) in [5, 5.41) is 10.9. The van der Waals surface area contributed by atoms with Gasteiger partial charge >= 0.3 is 0 Å². The summed E-state index contributed by atoms with van der Waals surface area (Å²) in [4.78, 5) is 26.3. The number of nitrogens with zero attached hydrogens (tertiary/aromatic N) is 2. The number of carbonyl (C=O) groups is 2. The molecule has 3 aliphatic heterocycles. The van der Waals surface area contributed by atoms with E-state index in [4.69, 9.17) is 4.52 Å². The maximum Gasteiger partial charge on any atom is 0.235 e. The van der Waals surface area contributed by atoms with Gasteiger partial charge in [-0.15, -0.1) is 0 Å². The van der Waals surface area contributed by atoms with E-state index < -0.39 is 5.92 Å². The summed E-state index contributed by atoms with van der Waals surface area (Å²) in [7, 11) is 0. The van der Waals surface area contributed by atoms with Crippen LogP contribution in [-0.2, 0) is 9.59 Å². The molecule has 0 aliphatic carbocycles. The number of fused-ring (bicyclic) bond motifs is 1. The van der Waals surface area contributed by atoms with Crippen LogP contribution in [0.2, 0.25) is 0 Å². The monoisotopic (exact) mass is 396 g/mol. The Morgan fingerprint density at radius 1 is 1.03 bits per heavy atom. The molecule has 7 nitrogen and oxygen atoms in total. The lowest BCUT2D eigenvalue weighted by Gasteiger charge is -2.39. The number of amides is 2. The first kappa shape index (κ1) is 18.8. The Balaban J connectivity index is 1.29. The van der Waals surface area contributed by atoms with E-state index >= 15 is 0 Å². The first-order valence-electron chi connectivity index (χ1n) is 10.9. The highest BCUT2D eigenvalue weighted by Gasteiger charge is 2.32. The molecule has 3 fully saturated rings. The van der Waals surface area contributed by atoms with Gasteiger partial charge in [-0.3, -0.25) is 14.9 Å². The number of aromatic nitrogens is 1. The number of imide groups is 1. The fraction of sp³-hybridized carbons (Fsp3) is 0.591. The minimum Gasteiger partial charge on any atom is -0.356 e. The van der Waals surface area contributed by atoms with Crippen LogP contribution < -0.4 is 10.6 Å². The molecule has 1 aromatic carbocycles. The van der Waals surface area contributed by atoms with Gasteiger partial charge in [-0.25, -0.2) is 0 Å². The average Bonchev–Trinajstić information content (AvgIpc) is 3.17. The second-order valence-corrected chi connectivity index (χ2v) is 8.62. The maximum atomic E-state index is 12.2. The van der Waals surface area contributed by atoms with Crippen molar-refractivity contribution in [1.29, 1.82) is 0 Å². The molecule has 2 N–H and O–H groups in total. The zero-order valence-corrected chi connectivity index (χ0v) is 16.7. The Kier molecular flexibility index (Phi) is 5.09. The van der Waals surface area contributed by atoms with Gasteiger partial charge in [-0.1, -0.05) is 11.2 Å². The molecule has 0 radical (unpaired) electrons. The molecule has 1 atom stereocenters. The number of piperidine rings is 3. The molecule has 5 rings (SSSR count). The van der Waals surface area contributed by atoms with Gasteiger partial charge in [0, 0.05) is 17.8 Å². The Morgan fingerprint density at radius 2 is 1.83 bits per heavy atom. The van der Waals surface area contributed by atoms with Crippen molar-refractivity contribution < 1.29 is 14.1 Å². The zero-order valence-electron chi connectivity index (χ0n) is 16.7. The van der Waals surface area contributed by atoms with Crippen LogP contribution in [0.15, 0.2) is 22.7 Å². The van der Waals surface area contributed by atoms with Crippen LogP contribution >= 0.6 is 0 Å². The lowest BCUT2D eigenvalue weighted by Crippen LogP contribution is -2.46. The first-order valence-corrected chi connectivity index (χ1v) is 10.9. The summed E-state index contributed by atoms with van der Waals surface area (Å²) in [5.41, 5.74) is 2.69. The Labute approximate surface area is 170 Å². The number of hydrogen-bond donors (Lipinski definition) is 2. The fourth-order valence-electron chi connectivity index (χ4n) is 5.20. The SMILES string of the molecule is O=C1CCC(c2noc3cc(C4CCN(C5CCNCC5)CC4)ccc23)C(=O)N1. The standard InChI is InChI=1S/C22H28N4O3/c27-20-4-3-18(22(28)24-20)21-17-2-1-15(13-19(17)29-25-21)14-7-11-26(12-8-14)16-5-9-23-10-6-16/h1-2,13-14,16,18,23H,3-12H2,(H,24,27,28). The largest absolute Gasteiger partial charge is 0.356 e. The number of carbonyl (C=O) groups excluding carboxylic acids is 2. The predicted molar refractivity (Wildman–Crippen MR) is 109 cm³/mol. The molecule has 3 saturated heterocycles. The number of benzene rings is 1. The van der Waals surface area contributed by atoms with Crippen molar-refractivity contribution in [2.75, 3.05) is 26.2 Å². The van der Waals surface area contributed by atoms with Crippen LogP contribution in [0, 0.1) is 0 Å². The van der Waals surface area contributed by atoms with Crippen molar-refractivity contribution in [1.82, 2.24) is 20.7 Å². The highest BCUT2D eigenvalue weighted by atomic mass is 16.5. The third-order valence-corrected chi connectivity index (χ3v) is 6.92. The molecule has 2 aromatic rings. The summed E-state index contributed by atoms with van der Waals surface area (Å²) < 4.78 is 5.59. The van der Waals surface area contributed by atoms with Crippen LogP contribution in [0.5, 0.6) is 0 Å². The van der Waals surface area contributed by atoms with Gasteiger partial charge < -0.3 is 14.7 Å². The highest BCUT2D eigenvalue weighted by molar-refractivity contribution is 6.02. The molecule has 4 heterocycles. The van der Waals surface area contributed by atoms with Crippen molar-refractivity contribution in [2.24, 2.45) is 0 Å². The molecule has 3 aliphatic rings. The first-order chi connectivity index (χ1) is 14.2. The summed E-state index contributed by atoms with van der Waals surface area (Å²) in [6.45, 7) is 4.60. The van der Waals surface area contributed by atoms with Gasteiger partial charge in [-0.05, 0) is 81.9 Å². The minimum absolute atomic E-state index is 0.211. The molecule has 7 heteroatoms. The van der Waals surface area contributed by atoms with Gasteiger partial charge in [0.25, 0.3) is 0 Å². The molecule has 0 bridgehead atoms. The van der Waals surface area contributed by atoms with Crippen LogP contribution in [0.25, 0.3) is 11.0 Å². The highest BCUT2D eigenvalue weighted by Crippen LogP contribution is 2.35. The Hall–Kier alpha value is -2.25. The molecule has 154 valence electrons. The van der Waals surface area contributed by atoms with Crippen molar-refractivity contribution in [3.63, 3.8) is 0 Å². The van der Waals surface area contributed by atoms with Gasteiger partial charge in [0.2, 0.25) is 11.8 Å².